The highest BCUT2D eigenvalue weighted by atomic mass is 16.7. The van der Waals surface area contributed by atoms with Crippen molar-refractivity contribution >= 4 is 5.91 Å². The summed E-state index contributed by atoms with van der Waals surface area (Å²) in [5, 5.41) is 0. The molecule has 1 aromatic rings. The standard InChI is InChI=1S/C13H19NO3/c1-3-9-16-13(12(14)15)17-10(2)11-7-5-4-6-8-11/h4-8,10,13H,3,9H2,1-2H3,(H2,14,15). The van der Waals surface area contributed by atoms with Gasteiger partial charge in [0.1, 0.15) is 0 Å². The SMILES string of the molecule is CCCOC(OC(C)c1ccccc1)C(N)=O. The van der Waals surface area contributed by atoms with Crippen molar-refractivity contribution in [3.63, 3.8) is 0 Å². The summed E-state index contributed by atoms with van der Waals surface area (Å²) in [6.07, 6.45) is -0.400. The fourth-order valence-corrected chi connectivity index (χ4v) is 1.40. The van der Waals surface area contributed by atoms with E-state index in [1.807, 2.05) is 44.2 Å². The van der Waals surface area contributed by atoms with E-state index in [0.29, 0.717) is 6.61 Å². The summed E-state index contributed by atoms with van der Waals surface area (Å²) in [5.74, 6) is -0.596. The summed E-state index contributed by atoms with van der Waals surface area (Å²) in [7, 11) is 0. The zero-order chi connectivity index (χ0) is 12.7. The van der Waals surface area contributed by atoms with Crippen LogP contribution < -0.4 is 5.73 Å². The Morgan fingerprint density at radius 1 is 1.35 bits per heavy atom. The van der Waals surface area contributed by atoms with Crippen molar-refractivity contribution in [3.8, 4) is 0 Å². The Labute approximate surface area is 102 Å². The zero-order valence-electron chi connectivity index (χ0n) is 10.3. The molecule has 0 aromatic heterocycles. The second-order valence-corrected chi connectivity index (χ2v) is 3.79. The maximum Gasteiger partial charge on any atom is 0.274 e. The van der Waals surface area contributed by atoms with Crippen LogP contribution in [-0.2, 0) is 14.3 Å². The van der Waals surface area contributed by atoms with Gasteiger partial charge in [-0.05, 0) is 18.9 Å². The van der Waals surface area contributed by atoms with Gasteiger partial charge in [0.15, 0.2) is 0 Å². The molecule has 0 saturated carbocycles. The molecule has 4 nitrogen and oxygen atoms in total. The van der Waals surface area contributed by atoms with Crippen LogP contribution in [0.4, 0.5) is 0 Å². The van der Waals surface area contributed by atoms with Gasteiger partial charge in [-0.25, -0.2) is 0 Å². The highest BCUT2D eigenvalue weighted by Crippen LogP contribution is 2.18. The molecule has 94 valence electrons. The van der Waals surface area contributed by atoms with E-state index >= 15 is 0 Å². The number of carbonyl (C=O) groups excluding carboxylic acids is 1. The lowest BCUT2D eigenvalue weighted by Gasteiger charge is -2.20. The molecular weight excluding hydrogens is 218 g/mol. The Bertz CT molecular complexity index is 340. The van der Waals surface area contributed by atoms with Gasteiger partial charge in [0.25, 0.3) is 5.91 Å². The molecule has 17 heavy (non-hydrogen) atoms. The lowest BCUT2D eigenvalue weighted by Crippen LogP contribution is -2.34. The third-order valence-corrected chi connectivity index (χ3v) is 2.30. The average molecular weight is 237 g/mol. The van der Waals surface area contributed by atoms with E-state index in [9.17, 15) is 4.79 Å². The molecule has 2 unspecified atom stereocenters. The van der Waals surface area contributed by atoms with Crippen LogP contribution in [0.15, 0.2) is 30.3 Å². The van der Waals surface area contributed by atoms with Crippen LogP contribution in [0.2, 0.25) is 0 Å². The van der Waals surface area contributed by atoms with Crippen LogP contribution in [0.5, 0.6) is 0 Å². The van der Waals surface area contributed by atoms with Crippen molar-refractivity contribution in [2.75, 3.05) is 6.61 Å². The van der Waals surface area contributed by atoms with Crippen LogP contribution in [0.1, 0.15) is 31.9 Å². The third kappa shape index (κ3) is 4.54. The predicted molar refractivity (Wildman–Crippen MR) is 65.2 cm³/mol. The number of hydrogen-bond donors (Lipinski definition) is 1. The second-order valence-electron chi connectivity index (χ2n) is 3.79. The molecule has 2 atom stereocenters. The fourth-order valence-electron chi connectivity index (χ4n) is 1.40. The minimum atomic E-state index is -0.981. The molecule has 0 aliphatic heterocycles. The van der Waals surface area contributed by atoms with Gasteiger partial charge < -0.3 is 15.2 Å². The quantitative estimate of drug-likeness (QED) is 0.738. The van der Waals surface area contributed by atoms with Crippen molar-refractivity contribution in [2.45, 2.75) is 32.7 Å². The van der Waals surface area contributed by atoms with Gasteiger partial charge in [0.2, 0.25) is 6.29 Å². The van der Waals surface area contributed by atoms with E-state index in [0.717, 1.165) is 12.0 Å². The normalized spacial score (nSPS) is 14.2. The minimum absolute atomic E-state index is 0.231. The molecule has 0 spiro atoms. The topological polar surface area (TPSA) is 61.6 Å². The number of rotatable bonds is 7. The van der Waals surface area contributed by atoms with E-state index in [1.54, 1.807) is 0 Å². The first-order valence-electron chi connectivity index (χ1n) is 5.76. The molecule has 0 bridgehead atoms. The molecule has 0 heterocycles. The average Bonchev–Trinajstić information content (AvgIpc) is 2.35. The number of hydrogen-bond acceptors (Lipinski definition) is 3. The fraction of sp³-hybridized carbons (Fsp3) is 0.462. The molecule has 1 aromatic carbocycles. The van der Waals surface area contributed by atoms with E-state index in [1.165, 1.54) is 0 Å². The van der Waals surface area contributed by atoms with E-state index in [2.05, 4.69) is 0 Å². The monoisotopic (exact) mass is 237 g/mol. The largest absolute Gasteiger partial charge is 0.365 e. The number of carbonyl (C=O) groups is 1. The number of nitrogens with two attached hydrogens (primary N) is 1. The highest BCUT2D eigenvalue weighted by molar-refractivity contribution is 5.77. The Kier molecular flexibility index (Phi) is 5.66. The minimum Gasteiger partial charge on any atom is -0.365 e. The zero-order valence-corrected chi connectivity index (χ0v) is 10.3. The number of ether oxygens (including phenoxy) is 2. The first-order valence-corrected chi connectivity index (χ1v) is 5.76. The van der Waals surface area contributed by atoms with E-state index < -0.39 is 12.2 Å². The summed E-state index contributed by atoms with van der Waals surface area (Å²) in [4.78, 5) is 11.1. The van der Waals surface area contributed by atoms with Gasteiger partial charge >= 0.3 is 0 Å². The lowest BCUT2D eigenvalue weighted by atomic mass is 10.1. The Morgan fingerprint density at radius 2 is 2.00 bits per heavy atom. The van der Waals surface area contributed by atoms with Gasteiger partial charge in [-0.2, -0.15) is 0 Å². The Hall–Kier alpha value is -1.39. The highest BCUT2D eigenvalue weighted by Gasteiger charge is 2.20. The molecule has 0 saturated heterocycles. The summed E-state index contributed by atoms with van der Waals surface area (Å²) in [6, 6.07) is 9.63. The summed E-state index contributed by atoms with van der Waals surface area (Å²) < 4.78 is 10.8. The van der Waals surface area contributed by atoms with Crippen molar-refractivity contribution in [1.29, 1.82) is 0 Å². The molecule has 2 N–H and O–H groups in total. The molecular formula is C13H19NO3. The first kappa shape index (κ1) is 13.7. The lowest BCUT2D eigenvalue weighted by molar-refractivity contribution is -0.182. The van der Waals surface area contributed by atoms with Crippen LogP contribution >= 0.6 is 0 Å². The Morgan fingerprint density at radius 3 is 2.53 bits per heavy atom. The van der Waals surface area contributed by atoms with Crippen molar-refractivity contribution in [1.82, 2.24) is 0 Å². The van der Waals surface area contributed by atoms with Gasteiger partial charge in [-0.3, -0.25) is 4.79 Å². The number of primary amides is 1. The van der Waals surface area contributed by atoms with E-state index in [4.69, 9.17) is 15.2 Å². The Balaban J connectivity index is 2.58. The molecule has 0 aliphatic rings. The van der Waals surface area contributed by atoms with Crippen LogP contribution in [0, 0.1) is 0 Å². The maximum atomic E-state index is 11.1. The summed E-state index contributed by atoms with van der Waals surface area (Å²) in [6.45, 7) is 4.27. The molecule has 1 rings (SSSR count). The predicted octanol–water partition coefficient (Wildman–Crippen LogP) is 2.00. The van der Waals surface area contributed by atoms with Crippen molar-refractivity contribution in [3.05, 3.63) is 35.9 Å². The molecule has 1 amide bonds. The van der Waals surface area contributed by atoms with Crippen LogP contribution in [0.3, 0.4) is 0 Å². The third-order valence-electron chi connectivity index (χ3n) is 2.30. The molecule has 0 aliphatic carbocycles. The summed E-state index contributed by atoms with van der Waals surface area (Å²) >= 11 is 0. The van der Waals surface area contributed by atoms with Crippen molar-refractivity contribution < 1.29 is 14.3 Å². The van der Waals surface area contributed by atoms with Crippen LogP contribution in [0.25, 0.3) is 0 Å². The number of benzene rings is 1. The van der Waals surface area contributed by atoms with Gasteiger partial charge in [0.05, 0.1) is 12.7 Å². The first-order chi connectivity index (χ1) is 8.15. The molecule has 4 heteroatoms. The maximum absolute atomic E-state index is 11.1. The van der Waals surface area contributed by atoms with Crippen molar-refractivity contribution in [2.24, 2.45) is 5.73 Å². The number of amides is 1. The van der Waals surface area contributed by atoms with Gasteiger partial charge in [-0.1, -0.05) is 37.3 Å². The second kappa shape index (κ2) is 7.04. The van der Waals surface area contributed by atoms with Gasteiger partial charge in [0, 0.05) is 0 Å². The summed E-state index contributed by atoms with van der Waals surface area (Å²) in [5.41, 5.74) is 6.20. The molecule has 0 radical (unpaired) electrons. The van der Waals surface area contributed by atoms with Gasteiger partial charge in [-0.15, -0.1) is 0 Å². The molecule has 0 fully saturated rings. The van der Waals surface area contributed by atoms with E-state index in [-0.39, 0.29) is 6.10 Å². The van der Waals surface area contributed by atoms with Crippen LogP contribution in [-0.4, -0.2) is 18.8 Å². The smallest absolute Gasteiger partial charge is 0.274 e.